The molecule has 0 spiro atoms. The molecule has 3 aromatic rings. The Morgan fingerprint density at radius 1 is 1.27 bits per heavy atom. The molecule has 1 heterocycles. The zero-order valence-corrected chi connectivity index (χ0v) is 16.3. The standard InChI is InChI=1S/C22H21F2N3O3/c1-2-27-10-14(22(29)30)21(28)16-19(25)17(23)13(18(24)20(16)27)9-26-15-8-12(15)11-6-4-3-5-7-11/h3-7,10,12,15,26H,2,8-9,25H2,1H3,(H,29,30). The molecule has 30 heavy (non-hydrogen) atoms. The highest BCUT2D eigenvalue weighted by Crippen LogP contribution is 2.41. The van der Waals surface area contributed by atoms with Crippen LogP contribution < -0.4 is 16.5 Å². The second-order valence-electron chi connectivity index (χ2n) is 7.45. The maximum atomic E-state index is 15.3. The van der Waals surface area contributed by atoms with Gasteiger partial charge in [-0.3, -0.25) is 4.79 Å². The summed E-state index contributed by atoms with van der Waals surface area (Å²) in [4.78, 5) is 23.9. The Morgan fingerprint density at radius 2 is 1.97 bits per heavy atom. The minimum atomic E-state index is -1.48. The molecule has 2 unspecified atom stereocenters. The van der Waals surface area contributed by atoms with Crippen molar-refractivity contribution < 1.29 is 18.7 Å². The summed E-state index contributed by atoms with van der Waals surface area (Å²) < 4.78 is 31.5. The summed E-state index contributed by atoms with van der Waals surface area (Å²) in [7, 11) is 0. The first-order valence-corrected chi connectivity index (χ1v) is 9.69. The first kappa shape index (κ1) is 20.0. The number of halogens is 2. The van der Waals surface area contributed by atoms with Crippen molar-refractivity contribution in [3.63, 3.8) is 0 Å². The topological polar surface area (TPSA) is 97.4 Å². The molecule has 4 N–H and O–H groups in total. The van der Waals surface area contributed by atoms with E-state index in [0.717, 1.165) is 18.2 Å². The van der Waals surface area contributed by atoms with Crippen molar-refractivity contribution in [3.8, 4) is 0 Å². The maximum absolute atomic E-state index is 15.3. The van der Waals surface area contributed by atoms with E-state index in [2.05, 4.69) is 5.32 Å². The average molecular weight is 413 g/mol. The van der Waals surface area contributed by atoms with E-state index in [1.165, 1.54) is 4.57 Å². The fourth-order valence-electron chi connectivity index (χ4n) is 3.94. The Morgan fingerprint density at radius 3 is 2.60 bits per heavy atom. The lowest BCUT2D eigenvalue weighted by Gasteiger charge is -2.16. The zero-order chi connectivity index (χ0) is 21.6. The molecular formula is C22H21F2N3O3. The van der Waals surface area contributed by atoms with Crippen LogP contribution in [0, 0.1) is 11.6 Å². The lowest BCUT2D eigenvalue weighted by Crippen LogP contribution is -2.24. The molecule has 0 aliphatic heterocycles. The number of aromatic nitrogens is 1. The number of aryl methyl sites for hydroxylation is 1. The summed E-state index contributed by atoms with van der Waals surface area (Å²) in [5.41, 5.74) is 4.46. The molecule has 156 valence electrons. The summed E-state index contributed by atoms with van der Waals surface area (Å²) >= 11 is 0. The van der Waals surface area contributed by atoms with Crippen LogP contribution in [0.1, 0.15) is 40.7 Å². The van der Waals surface area contributed by atoms with Gasteiger partial charge in [0.2, 0.25) is 5.43 Å². The number of rotatable bonds is 6. The first-order chi connectivity index (χ1) is 14.3. The van der Waals surface area contributed by atoms with Crippen molar-refractivity contribution in [2.75, 3.05) is 5.73 Å². The number of pyridine rings is 1. The van der Waals surface area contributed by atoms with Gasteiger partial charge in [-0.05, 0) is 18.9 Å². The van der Waals surface area contributed by atoms with Crippen LogP contribution in [0.25, 0.3) is 10.9 Å². The molecule has 0 saturated heterocycles. The molecule has 0 radical (unpaired) electrons. The summed E-state index contributed by atoms with van der Waals surface area (Å²) in [6.45, 7) is 1.76. The minimum absolute atomic E-state index is 0.0888. The Hall–Kier alpha value is -3.26. The normalized spacial score (nSPS) is 18.0. The van der Waals surface area contributed by atoms with Crippen molar-refractivity contribution in [3.05, 3.63) is 75.1 Å². The third kappa shape index (κ3) is 3.23. The average Bonchev–Trinajstić information content (AvgIpc) is 3.52. The van der Waals surface area contributed by atoms with Crippen LogP contribution in [-0.2, 0) is 13.1 Å². The van der Waals surface area contributed by atoms with Gasteiger partial charge in [-0.2, -0.15) is 0 Å². The molecule has 0 bridgehead atoms. The van der Waals surface area contributed by atoms with Gasteiger partial charge in [-0.1, -0.05) is 30.3 Å². The zero-order valence-electron chi connectivity index (χ0n) is 16.3. The molecule has 1 aromatic heterocycles. The number of nitrogens with zero attached hydrogens (tertiary/aromatic N) is 1. The van der Waals surface area contributed by atoms with Gasteiger partial charge in [0.1, 0.15) is 5.56 Å². The van der Waals surface area contributed by atoms with Crippen molar-refractivity contribution in [1.82, 2.24) is 9.88 Å². The fourth-order valence-corrected chi connectivity index (χ4v) is 3.94. The quantitative estimate of drug-likeness (QED) is 0.539. The number of carbonyl (C=O) groups is 1. The number of nitrogens with two attached hydrogens (primary N) is 1. The predicted octanol–water partition coefficient (Wildman–Crippen LogP) is 3.23. The highest BCUT2D eigenvalue weighted by molar-refractivity contribution is 5.98. The van der Waals surface area contributed by atoms with Crippen LogP contribution in [0.15, 0.2) is 41.3 Å². The largest absolute Gasteiger partial charge is 0.477 e. The molecule has 2 aromatic carbocycles. The Kier molecular flexibility index (Phi) is 5.03. The minimum Gasteiger partial charge on any atom is -0.477 e. The van der Waals surface area contributed by atoms with Crippen LogP contribution >= 0.6 is 0 Å². The van der Waals surface area contributed by atoms with Gasteiger partial charge in [-0.15, -0.1) is 0 Å². The first-order valence-electron chi connectivity index (χ1n) is 9.69. The van der Waals surface area contributed by atoms with Gasteiger partial charge < -0.3 is 20.7 Å². The van der Waals surface area contributed by atoms with Crippen molar-refractivity contribution in [2.45, 2.75) is 38.4 Å². The van der Waals surface area contributed by atoms with Crippen LogP contribution in [0.4, 0.5) is 14.5 Å². The highest BCUT2D eigenvalue weighted by Gasteiger charge is 2.38. The van der Waals surface area contributed by atoms with E-state index in [9.17, 15) is 19.1 Å². The Bertz CT molecular complexity index is 1210. The van der Waals surface area contributed by atoms with Gasteiger partial charge in [-0.25, -0.2) is 13.6 Å². The van der Waals surface area contributed by atoms with E-state index in [1.54, 1.807) is 6.92 Å². The molecule has 6 nitrogen and oxygen atoms in total. The molecular weight excluding hydrogens is 392 g/mol. The third-order valence-corrected chi connectivity index (χ3v) is 5.65. The van der Waals surface area contributed by atoms with Crippen LogP contribution in [0.5, 0.6) is 0 Å². The van der Waals surface area contributed by atoms with Crippen molar-refractivity contribution in [1.29, 1.82) is 0 Å². The summed E-state index contributed by atoms with van der Waals surface area (Å²) in [5, 5.41) is 12.0. The van der Waals surface area contributed by atoms with E-state index in [1.807, 2.05) is 30.3 Å². The van der Waals surface area contributed by atoms with E-state index in [4.69, 9.17) is 5.73 Å². The number of carboxylic acid groups (broad SMARTS) is 1. The Labute approximate surface area is 170 Å². The molecule has 8 heteroatoms. The molecule has 1 aliphatic rings. The van der Waals surface area contributed by atoms with Crippen LogP contribution in [-0.4, -0.2) is 21.7 Å². The van der Waals surface area contributed by atoms with Gasteiger partial charge in [0.15, 0.2) is 11.6 Å². The van der Waals surface area contributed by atoms with Crippen LogP contribution in [0.3, 0.4) is 0 Å². The van der Waals surface area contributed by atoms with E-state index < -0.39 is 39.7 Å². The highest BCUT2D eigenvalue weighted by atomic mass is 19.1. The van der Waals surface area contributed by atoms with Crippen molar-refractivity contribution in [2.24, 2.45) is 0 Å². The maximum Gasteiger partial charge on any atom is 0.341 e. The smallest absolute Gasteiger partial charge is 0.341 e. The lowest BCUT2D eigenvalue weighted by atomic mass is 10.0. The van der Waals surface area contributed by atoms with Crippen molar-refractivity contribution >= 4 is 22.6 Å². The number of hydrogen-bond acceptors (Lipinski definition) is 4. The molecule has 1 saturated carbocycles. The van der Waals surface area contributed by atoms with E-state index in [-0.39, 0.29) is 36.1 Å². The van der Waals surface area contributed by atoms with Gasteiger partial charge in [0.05, 0.1) is 16.6 Å². The number of nitrogens with one attached hydrogen (secondary N) is 1. The number of fused-ring (bicyclic) bond motifs is 1. The van der Waals surface area contributed by atoms with Gasteiger partial charge >= 0.3 is 5.97 Å². The monoisotopic (exact) mass is 413 g/mol. The summed E-state index contributed by atoms with van der Waals surface area (Å²) in [6, 6.07) is 9.95. The lowest BCUT2D eigenvalue weighted by molar-refractivity contribution is 0.0695. The SMILES string of the molecule is CCn1cc(C(=O)O)c(=O)c2c(N)c(F)c(CNC3CC3c3ccccc3)c(F)c21. The number of benzene rings is 2. The summed E-state index contributed by atoms with van der Waals surface area (Å²) in [6.07, 6.45) is 1.93. The van der Waals surface area contributed by atoms with Gasteiger partial charge in [0.25, 0.3) is 0 Å². The van der Waals surface area contributed by atoms with E-state index >= 15 is 4.39 Å². The molecule has 1 aliphatic carbocycles. The number of hydrogen-bond donors (Lipinski definition) is 3. The van der Waals surface area contributed by atoms with Crippen LogP contribution in [0.2, 0.25) is 0 Å². The number of carboxylic acids is 1. The van der Waals surface area contributed by atoms with E-state index in [0.29, 0.717) is 0 Å². The van der Waals surface area contributed by atoms with Gasteiger partial charge in [0, 0.05) is 36.8 Å². The number of anilines is 1. The number of aromatic carboxylic acids is 1. The summed E-state index contributed by atoms with van der Waals surface area (Å²) in [5.74, 6) is -3.14. The predicted molar refractivity (Wildman–Crippen MR) is 110 cm³/mol. The molecule has 1 fully saturated rings. The molecule has 2 atom stereocenters. The number of nitrogen functional groups attached to an aromatic ring is 1. The molecule has 4 rings (SSSR count). The third-order valence-electron chi connectivity index (χ3n) is 5.65. The second kappa shape index (κ2) is 7.53. The Balaban J connectivity index is 1.72. The fraction of sp³-hybridized carbons (Fsp3) is 0.273. The molecule has 0 amide bonds. The second-order valence-corrected chi connectivity index (χ2v) is 7.45.